The van der Waals surface area contributed by atoms with Gasteiger partial charge in [-0.05, 0) is 52.0 Å². The Kier molecular flexibility index (Phi) is 5.47. The molecule has 0 aliphatic carbocycles. The van der Waals surface area contributed by atoms with E-state index in [1.807, 2.05) is 18.2 Å². The minimum Gasteiger partial charge on any atom is -0.482 e. The Morgan fingerprint density at radius 3 is 2.39 bits per heavy atom. The highest BCUT2D eigenvalue weighted by Gasteiger charge is 2.29. The molecule has 0 aliphatic heterocycles. The zero-order chi connectivity index (χ0) is 20.7. The molecule has 3 rings (SSSR count). The zero-order valence-corrected chi connectivity index (χ0v) is 16.9. The van der Waals surface area contributed by atoms with Crippen LogP contribution in [0.4, 0.5) is 13.2 Å². The van der Waals surface area contributed by atoms with Crippen LogP contribution in [0.15, 0.2) is 36.4 Å². The van der Waals surface area contributed by atoms with Crippen molar-refractivity contribution in [1.82, 2.24) is 4.98 Å². The lowest BCUT2D eigenvalue weighted by Gasteiger charge is -2.22. The van der Waals surface area contributed by atoms with Crippen LogP contribution in [0.5, 0.6) is 5.75 Å². The molecule has 0 spiro atoms. The summed E-state index contributed by atoms with van der Waals surface area (Å²) in [5.41, 5.74) is 2.38. The van der Waals surface area contributed by atoms with Crippen molar-refractivity contribution in [1.29, 1.82) is 0 Å². The molecule has 1 unspecified atom stereocenters. The number of halogens is 4. The molecule has 28 heavy (non-hydrogen) atoms. The normalized spacial score (nSPS) is 13.9. The van der Waals surface area contributed by atoms with Crippen molar-refractivity contribution in [2.24, 2.45) is 0 Å². The maximum Gasteiger partial charge on any atom is 0.422 e. The summed E-state index contributed by atoms with van der Waals surface area (Å²) in [6.07, 6.45) is -4.43. The quantitative estimate of drug-likeness (QED) is 0.583. The number of nitrogens with two attached hydrogens (primary N) is 1. The molecule has 7 heteroatoms. The van der Waals surface area contributed by atoms with Crippen LogP contribution in [0.1, 0.15) is 39.3 Å². The molecule has 1 heterocycles. The minimum absolute atomic E-state index is 0.0241. The Balaban J connectivity index is 2.01. The van der Waals surface area contributed by atoms with E-state index in [4.69, 9.17) is 16.3 Å². The number of hydrogen-bond donors (Lipinski definition) is 1. The van der Waals surface area contributed by atoms with Gasteiger partial charge in [0, 0.05) is 16.3 Å². The lowest BCUT2D eigenvalue weighted by atomic mass is 10.0. The number of nitrogens with zero attached hydrogens (tertiary/aromatic N) is 1. The van der Waals surface area contributed by atoms with Crippen LogP contribution in [0, 0.1) is 0 Å². The van der Waals surface area contributed by atoms with Crippen LogP contribution >= 0.6 is 11.6 Å². The van der Waals surface area contributed by atoms with Crippen molar-refractivity contribution in [3.05, 3.63) is 47.0 Å². The number of aromatic nitrogens is 1. The first-order valence-corrected chi connectivity index (χ1v) is 9.39. The highest BCUT2D eigenvalue weighted by Crippen LogP contribution is 2.34. The predicted molar refractivity (Wildman–Crippen MR) is 106 cm³/mol. The molecule has 2 N–H and O–H groups in total. The van der Waals surface area contributed by atoms with E-state index in [0.717, 1.165) is 21.9 Å². The summed E-state index contributed by atoms with van der Waals surface area (Å²) < 4.78 is 42.2. The van der Waals surface area contributed by atoms with E-state index in [9.17, 15) is 13.2 Å². The SMILES string of the molecule is CC([NH2+]C(C)(C)C)c1ccc2cc3ccc(OCC(F)(F)F)c(Cl)c3nc2c1. The fourth-order valence-corrected chi connectivity index (χ4v) is 3.53. The first-order valence-electron chi connectivity index (χ1n) is 9.01. The number of benzene rings is 2. The predicted octanol–water partition coefficient (Wildman–Crippen LogP) is 5.41. The number of hydrogen-bond acceptors (Lipinski definition) is 2. The van der Waals surface area contributed by atoms with Crippen molar-refractivity contribution >= 4 is 33.4 Å². The van der Waals surface area contributed by atoms with E-state index in [-0.39, 0.29) is 22.4 Å². The van der Waals surface area contributed by atoms with E-state index in [0.29, 0.717) is 5.52 Å². The number of pyridine rings is 1. The van der Waals surface area contributed by atoms with Crippen LogP contribution in [0.2, 0.25) is 5.02 Å². The molecule has 0 saturated heterocycles. The highest BCUT2D eigenvalue weighted by atomic mass is 35.5. The second-order valence-electron chi connectivity index (χ2n) is 8.12. The smallest absolute Gasteiger partial charge is 0.422 e. The summed E-state index contributed by atoms with van der Waals surface area (Å²) in [4.78, 5) is 4.61. The standard InChI is InChI=1S/C21H22ClF3N2O/c1-12(27-20(2,3)4)13-5-6-14-9-15-7-8-17(28-11-21(23,24)25)18(22)19(15)26-16(14)10-13/h5-10,12,27H,11H2,1-4H3/p+1. The van der Waals surface area contributed by atoms with Crippen LogP contribution < -0.4 is 10.1 Å². The molecule has 3 nitrogen and oxygen atoms in total. The molecule has 0 saturated carbocycles. The van der Waals surface area contributed by atoms with Crippen LogP contribution in [0.3, 0.4) is 0 Å². The fraction of sp³-hybridized carbons (Fsp3) is 0.381. The van der Waals surface area contributed by atoms with Gasteiger partial charge in [-0.15, -0.1) is 0 Å². The first kappa shape index (κ1) is 20.7. The van der Waals surface area contributed by atoms with Crippen molar-refractivity contribution < 1.29 is 23.2 Å². The molecule has 150 valence electrons. The van der Waals surface area contributed by atoms with Gasteiger partial charge in [-0.3, -0.25) is 0 Å². The van der Waals surface area contributed by atoms with Gasteiger partial charge in [-0.25, -0.2) is 4.98 Å². The first-order chi connectivity index (χ1) is 12.9. The number of rotatable bonds is 4. The van der Waals surface area contributed by atoms with Gasteiger partial charge in [0.2, 0.25) is 0 Å². The molecule has 0 amide bonds. The third-order valence-corrected chi connectivity index (χ3v) is 4.74. The lowest BCUT2D eigenvalue weighted by molar-refractivity contribution is -0.751. The van der Waals surface area contributed by atoms with Gasteiger partial charge in [-0.1, -0.05) is 23.7 Å². The largest absolute Gasteiger partial charge is 0.482 e. The third kappa shape index (κ3) is 4.86. The van der Waals surface area contributed by atoms with Gasteiger partial charge in [0.1, 0.15) is 16.8 Å². The van der Waals surface area contributed by atoms with Gasteiger partial charge in [-0.2, -0.15) is 13.2 Å². The molecule has 2 aromatic carbocycles. The van der Waals surface area contributed by atoms with E-state index in [1.165, 1.54) is 6.07 Å². The average molecular weight is 412 g/mol. The van der Waals surface area contributed by atoms with E-state index in [1.54, 1.807) is 6.07 Å². The van der Waals surface area contributed by atoms with Crippen LogP contribution in [0.25, 0.3) is 21.8 Å². The monoisotopic (exact) mass is 411 g/mol. The van der Waals surface area contributed by atoms with E-state index < -0.39 is 12.8 Å². The van der Waals surface area contributed by atoms with Crippen molar-refractivity contribution in [3.63, 3.8) is 0 Å². The van der Waals surface area contributed by atoms with Gasteiger partial charge < -0.3 is 10.1 Å². The Bertz CT molecular complexity index is 1010. The average Bonchev–Trinajstić information content (AvgIpc) is 2.57. The number of alkyl halides is 3. The fourth-order valence-electron chi connectivity index (χ4n) is 3.26. The van der Waals surface area contributed by atoms with Crippen LogP contribution in [-0.4, -0.2) is 23.3 Å². The molecule has 3 aromatic rings. The van der Waals surface area contributed by atoms with Gasteiger partial charge >= 0.3 is 6.18 Å². The molecule has 0 radical (unpaired) electrons. The van der Waals surface area contributed by atoms with E-state index in [2.05, 4.69) is 44.1 Å². The number of ether oxygens (including phenoxy) is 1. The Morgan fingerprint density at radius 2 is 1.75 bits per heavy atom. The lowest BCUT2D eigenvalue weighted by Crippen LogP contribution is -2.94. The topological polar surface area (TPSA) is 38.7 Å². The summed E-state index contributed by atoms with van der Waals surface area (Å²) in [6.45, 7) is 7.19. The highest BCUT2D eigenvalue weighted by molar-refractivity contribution is 6.36. The zero-order valence-electron chi connectivity index (χ0n) is 16.2. The summed E-state index contributed by atoms with van der Waals surface area (Å²) in [5, 5.41) is 4.05. The number of quaternary nitrogens is 1. The molecule has 0 fully saturated rings. The molecular formula is C21H23ClF3N2O+. The summed E-state index contributed by atoms with van der Waals surface area (Å²) >= 11 is 6.30. The summed E-state index contributed by atoms with van der Waals surface area (Å²) in [5.74, 6) is -0.0241. The Morgan fingerprint density at radius 1 is 1.07 bits per heavy atom. The maximum atomic E-state index is 12.4. The molecule has 0 aliphatic rings. The third-order valence-electron chi connectivity index (χ3n) is 4.38. The second kappa shape index (κ2) is 7.41. The molecule has 1 aromatic heterocycles. The van der Waals surface area contributed by atoms with Crippen molar-refractivity contribution in [2.45, 2.75) is 45.5 Å². The number of fused-ring (bicyclic) bond motifs is 2. The van der Waals surface area contributed by atoms with Crippen molar-refractivity contribution in [3.8, 4) is 5.75 Å². The van der Waals surface area contributed by atoms with Gasteiger partial charge in [0.25, 0.3) is 0 Å². The van der Waals surface area contributed by atoms with Crippen molar-refractivity contribution in [2.75, 3.05) is 6.61 Å². The van der Waals surface area contributed by atoms with Crippen LogP contribution in [-0.2, 0) is 0 Å². The summed E-state index contributed by atoms with van der Waals surface area (Å²) in [7, 11) is 0. The van der Waals surface area contributed by atoms with Gasteiger partial charge in [0.05, 0.1) is 16.6 Å². The summed E-state index contributed by atoms with van der Waals surface area (Å²) in [6, 6.07) is 11.4. The molecule has 0 bridgehead atoms. The molecule has 1 atom stereocenters. The second-order valence-corrected chi connectivity index (χ2v) is 8.49. The maximum absolute atomic E-state index is 12.4. The molecular weight excluding hydrogens is 389 g/mol. The van der Waals surface area contributed by atoms with E-state index >= 15 is 0 Å². The Labute approximate surface area is 166 Å². The Hall–Kier alpha value is -2.05. The minimum atomic E-state index is -4.43. The van der Waals surface area contributed by atoms with Gasteiger partial charge in [0.15, 0.2) is 6.61 Å².